The van der Waals surface area contributed by atoms with Gasteiger partial charge in [0.1, 0.15) is 0 Å². The summed E-state index contributed by atoms with van der Waals surface area (Å²) >= 11 is 0. The third-order valence-corrected chi connectivity index (χ3v) is 2.45. The van der Waals surface area contributed by atoms with Gasteiger partial charge in [-0.15, -0.1) is 0 Å². The lowest BCUT2D eigenvalue weighted by Crippen LogP contribution is -2.62. The second-order valence-corrected chi connectivity index (χ2v) is 3.49. The molecule has 1 atom stereocenters. The maximum Gasteiger partial charge on any atom is 0.222 e. The normalized spacial score (nSPS) is 39.9. The number of hydrogen-bond donors (Lipinski definition) is 1. The zero-order valence-electron chi connectivity index (χ0n) is 6.18. The van der Waals surface area contributed by atoms with Crippen LogP contribution in [-0.4, -0.2) is 36.5 Å². The minimum atomic E-state index is 0.186. The predicted octanol–water partition coefficient (Wildman–Crippen LogP) is -0.419. The first-order valence-electron chi connectivity index (χ1n) is 3.70. The van der Waals surface area contributed by atoms with Crippen LogP contribution in [0, 0.1) is 0 Å². The highest BCUT2D eigenvalue weighted by Crippen LogP contribution is 2.29. The molecular weight excluding hydrogens is 128 g/mol. The van der Waals surface area contributed by atoms with E-state index in [-0.39, 0.29) is 11.4 Å². The van der Waals surface area contributed by atoms with E-state index in [4.69, 9.17) is 0 Å². The number of hydrogen-bond acceptors (Lipinski definition) is 2. The number of likely N-dealkylation sites (N-methyl/N-ethyl adjacent to an activating group) is 1. The number of β-lactam (4-membered cyclic amide) rings is 1. The van der Waals surface area contributed by atoms with Crippen molar-refractivity contribution in [2.24, 2.45) is 0 Å². The van der Waals surface area contributed by atoms with E-state index in [1.54, 1.807) is 0 Å². The Bertz CT molecular complexity index is 170. The Morgan fingerprint density at radius 3 is 2.80 bits per heavy atom. The number of nitrogens with zero attached hydrogens (tertiary/aromatic N) is 1. The van der Waals surface area contributed by atoms with Gasteiger partial charge in [-0.2, -0.15) is 0 Å². The molecular formula is C7H12N2O. The molecule has 0 radical (unpaired) electrons. The lowest BCUT2D eigenvalue weighted by atomic mass is 9.86. The highest BCUT2D eigenvalue weighted by molar-refractivity contribution is 5.85. The van der Waals surface area contributed by atoms with Crippen molar-refractivity contribution in [3.05, 3.63) is 0 Å². The highest BCUT2D eigenvalue weighted by atomic mass is 16.2. The summed E-state index contributed by atoms with van der Waals surface area (Å²) in [6.07, 6.45) is 1.88. The first-order chi connectivity index (χ1) is 4.70. The molecule has 0 aromatic heterocycles. The van der Waals surface area contributed by atoms with E-state index in [1.165, 1.54) is 0 Å². The summed E-state index contributed by atoms with van der Waals surface area (Å²) in [5.74, 6) is 0.218. The van der Waals surface area contributed by atoms with Crippen LogP contribution < -0.4 is 5.32 Å². The van der Waals surface area contributed by atoms with Crippen molar-refractivity contribution in [3.8, 4) is 0 Å². The van der Waals surface area contributed by atoms with E-state index in [9.17, 15) is 4.79 Å². The molecule has 3 heteroatoms. The molecule has 0 bridgehead atoms. The number of carbonyl (C=O) groups excluding carboxylic acids is 1. The number of likely N-dealkylation sites (tertiary alicyclic amines) is 1. The summed E-state index contributed by atoms with van der Waals surface area (Å²) in [4.78, 5) is 12.9. The van der Waals surface area contributed by atoms with Crippen LogP contribution in [0.3, 0.4) is 0 Å². The fourth-order valence-electron chi connectivity index (χ4n) is 1.91. The zero-order valence-corrected chi connectivity index (χ0v) is 6.18. The molecule has 56 valence electrons. The Kier molecular flexibility index (Phi) is 1.06. The van der Waals surface area contributed by atoms with Gasteiger partial charge in [0.05, 0.1) is 12.0 Å². The van der Waals surface area contributed by atoms with Gasteiger partial charge in [-0.3, -0.25) is 4.79 Å². The van der Waals surface area contributed by atoms with Crippen LogP contribution in [0.5, 0.6) is 0 Å². The summed E-state index contributed by atoms with van der Waals surface area (Å²) in [7, 11) is 2.10. The molecule has 2 heterocycles. The van der Waals surface area contributed by atoms with Gasteiger partial charge < -0.3 is 10.2 Å². The lowest BCUT2D eigenvalue weighted by Gasteiger charge is -2.38. The lowest BCUT2D eigenvalue weighted by molar-refractivity contribution is -0.132. The van der Waals surface area contributed by atoms with Crippen LogP contribution >= 0.6 is 0 Å². The van der Waals surface area contributed by atoms with Gasteiger partial charge in [-0.1, -0.05) is 0 Å². The molecule has 0 aromatic rings. The average molecular weight is 140 g/mol. The minimum absolute atomic E-state index is 0.186. The standard InChI is InChI=1S/C7H12N2O/c1-9-3-2-7(5-9)4-6(10)8-7/h2-5H2,1H3,(H,8,10)/t7-/m1/s1. The van der Waals surface area contributed by atoms with Crippen molar-refractivity contribution >= 4 is 5.91 Å². The average Bonchev–Trinajstić information content (AvgIpc) is 2.10. The Labute approximate surface area is 60.4 Å². The van der Waals surface area contributed by atoms with E-state index in [2.05, 4.69) is 17.3 Å². The van der Waals surface area contributed by atoms with Gasteiger partial charge in [-0.05, 0) is 13.5 Å². The van der Waals surface area contributed by atoms with Gasteiger partial charge in [0.25, 0.3) is 0 Å². The molecule has 1 N–H and O–H groups in total. The predicted molar refractivity (Wildman–Crippen MR) is 37.6 cm³/mol. The van der Waals surface area contributed by atoms with Gasteiger partial charge in [0.2, 0.25) is 5.91 Å². The van der Waals surface area contributed by atoms with Gasteiger partial charge >= 0.3 is 0 Å². The van der Waals surface area contributed by atoms with E-state index in [0.717, 1.165) is 25.9 Å². The first-order valence-corrected chi connectivity index (χ1v) is 3.70. The minimum Gasteiger partial charge on any atom is -0.349 e. The van der Waals surface area contributed by atoms with Crippen molar-refractivity contribution in [2.75, 3.05) is 20.1 Å². The molecule has 3 nitrogen and oxygen atoms in total. The van der Waals surface area contributed by atoms with Crippen LogP contribution in [0.4, 0.5) is 0 Å². The molecule has 1 amide bonds. The maximum absolute atomic E-state index is 10.6. The third kappa shape index (κ3) is 0.736. The SMILES string of the molecule is CN1CC[C@@]2(CC(=O)N2)C1. The third-order valence-electron chi connectivity index (χ3n) is 2.45. The van der Waals surface area contributed by atoms with Gasteiger partial charge in [-0.25, -0.2) is 0 Å². The molecule has 1 spiro atoms. The molecule has 2 fully saturated rings. The largest absolute Gasteiger partial charge is 0.349 e. The van der Waals surface area contributed by atoms with Crippen molar-refractivity contribution < 1.29 is 4.79 Å². The molecule has 0 saturated carbocycles. The van der Waals surface area contributed by atoms with E-state index < -0.39 is 0 Å². The number of amides is 1. The smallest absolute Gasteiger partial charge is 0.222 e. The Hall–Kier alpha value is -0.570. The quantitative estimate of drug-likeness (QED) is 0.463. The Morgan fingerprint density at radius 1 is 1.70 bits per heavy atom. The molecule has 2 saturated heterocycles. The molecule has 0 unspecified atom stereocenters. The fraction of sp³-hybridized carbons (Fsp3) is 0.857. The molecule has 2 rings (SSSR count). The van der Waals surface area contributed by atoms with Crippen LogP contribution in [0.2, 0.25) is 0 Å². The summed E-state index contributed by atoms with van der Waals surface area (Å²) < 4.78 is 0. The van der Waals surface area contributed by atoms with Crippen LogP contribution in [0.1, 0.15) is 12.8 Å². The van der Waals surface area contributed by atoms with Crippen molar-refractivity contribution in [1.82, 2.24) is 10.2 Å². The Morgan fingerprint density at radius 2 is 2.40 bits per heavy atom. The van der Waals surface area contributed by atoms with Crippen molar-refractivity contribution in [3.63, 3.8) is 0 Å². The highest BCUT2D eigenvalue weighted by Gasteiger charge is 2.46. The number of carbonyl (C=O) groups is 1. The van der Waals surface area contributed by atoms with Gasteiger partial charge in [0, 0.05) is 13.1 Å². The Balaban J connectivity index is 2.01. The first kappa shape index (κ1) is 6.16. The summed E-state index contributed by atoms with van der Waals surface area (Å²) in [5.41, 5.74) is 0.186. The number of nitrogens with one attached hydrogen (secondary N) is 1. The maximum atomic E-state index is 10.6. The van der Waals surface area contributed by atoms with Crippen LogP contribution in [-0.2, 0) is 4.79 Å². The molecule has 10 heavy (non-hydrogen) atoms. The van der Waals surface area contributed by atoms with E-state index in [1.807, 2.05) is 0 Å². The summed E-state index contributed by atoms with van der Waals surface area (Å²) in [6.45, 7) is 2.17. The second kappa shape index (κ2) is 1.72. The molecule has 0 aromatic carbocycles. The molecule has 0 aliphatic carbocycles. The van der Waals surface area contributed by atoms with Crippen molar-refractivity contribution in [2.45, 2.75) is 18.4 Å². The van der Waals surface area contributed by atoms with Gasteiger partial charge in [0.15, 0.2) is 0 Å². The number of rotatable bonds is 0. The van der Waals surface area contributed by atoms with Crippen LogP contribution in [0.15, 0.2) is 0 Å². The zero-order chi connectivity index (χ0) is 7.19. The topological polar surface area (TPSA) is 32.3 Å². The van der Waals surface area contributed by atoms with E-state index >= 15 is 0 Å². The van der Waals surface area contributed by atoms with E-state index in [0.29, 0.717) is 0 Å². The van der Waals surface area contributed by atoms with Crippen LogP contribution in [0.25, 0.3) is 0 Å². The summed E-state index contributed by atoms with van der Waals surface area (Å²) in [5, 5.41) is 2.97. The monoisotopic (exact) mass is 140 g/mol. The fourth-order valence-corrected chi connectivity index (χ4v) is 1.91. The van der Waals surface area contributed by atoms with Crippen molar-refractivity contribution in [1.29, 1.82) is 0 Å². The summed E-state index contributed by atoms with van der Waals surface area (Å²) in [6, 6.07) is 0. The molecule has 2 aliphatic rings. The second-order valence-electron chi connectivity index (χ2n) is 3.49. The molecule has 2 aliphatic heterocycles.